The molecule has 2 saturated carbocycles. The molecule has 3 aromatic rings. The van der Waals surface area contributed by atoms with Gasteiger partial charge in [0.05, 0.1) is 28.1 Å². The van der Waals surface area contributed by atoms with E-state index in [4.69, 9.17) is 16.3 Å². The van der Waals surface area contributed by atoms with Crippen molar-refractivity contribution in [2.75, 3.05) is 16.8 Å². The third kappa shape index (κ3) is 4.63. The Balaban J connectivity index is 1.09. The van der Waals surface area contributed by atoms with E-state index in [0.29, 0.717) is 26.8 Å². The van der Waals surface area contributed by atoms with Crippen LogP contribution < -0.4 is 10.2 Å². The molecule has 1 aliphatic heterocycles. The number of benzene rings is 3. The predicted molar refractivity (Wildman–Crippen MR) is 154 cm³/mol. The van der Waals surface area contributed by atoms with E-state index in [1.807, 2.05) is 25.1 Å². The average molecular weight is 622 g/mol. The molecule has 40 heavy (non-hydrogen) atoms. The minimum Gasteiger partial charge on any atom is -0.452 e. The molecule has 0 radical (unpaired) electrons. The third-order valence-electron chi connectivity index (χ3n) is 8.48. The lowest BCUT2D eigenvalue weighted by atomic mass is 9.73. The number of imide groups is 1. The summed E-state index contributed by atoms with van der Waals surface area (Å²) in [5.41, 5.74) is 3.21. The van der Waals surface area contributed by atoms with E-state index >= 15 is 0 Å². The molecule has 9 heteroatoms. The highest BCUT2D eigenvalue weighted by atomic mass is 79.9. The van der Waals surface area contributed by atoms with Gasteiger partial charge in [0.2, 0.25) is 11.8 Å². The number of fused-ring (bicyclic) bond motifs is 5. The first kappa shape index (κ1) is 26.7. The maximum absolute atomic E-state index is 13.5. The standard InChI is InChI=1S/C31H26BrClN2O5/c1-16-11-23(32)24(33)14-25(16)34-26(36)15-40-31(39)18-7-9-20(10-8-18)35-29(37)27-19-12-21(17-5-3-2-4-6-17)22(13-19)28(27)30(35)38/h2-11,14,19,21-22,27-28H,12-13,15H2,1H3,(H,34,36)/t19-,21+,22+,27+,28+/m0/s1. The second kappa shape index (κ2) is 10.5. The monoisotopic (exact) mass is 620 g/mol. The van der Waals surface area contributed by atoms with Crippen LogP contribution in [0.2, 0.25) is 5.02 Å². The van der Waals surface area contributed by atoms with E-state index in [1.54, 1.807) is 24.3 Å². The molecule has 0 aromatic heterocycles. The highest BCUT2D eigenvalue weighted by Gasteiger charge is 2.64. The van der Waals surface area contributed by atoms with Crippen LogP contribution >= 0.6 is 27.5 Å². The van der Waals surface area contributed by atoms with E-state index in [1.165, 1.54) is 22.6 Å². The van der Waals surface area contributed by atoms with Crippen molar-refractivity contribution in [3.05, 3.63) is 92.9 Å². The third-order valence-corrected chi connectivity index (χ3v) is 9.68. The fourth-order valence-corrected chi connectivity index (χ4v) is 7.35. The highest BCUT2D eigenvalue weighted by Crippen LogP contribution is 2.61. The van der Waals surface area contributed by atoms with Crippen molar-refractivity contribution in [3.63, 3.8) is 0 Å². The van der Waals surface area contributed by atoms with Gasteiger partial charge in [-0.05, 0) is 101 Å². The van der Waals surface area contributed by atoms with Gasteiger partial charge in [-0.2, -0.15) is 0 Å². The molecule has 1 N–H and O–H groups in total. The number of rotatable bonds is 6. The van der Waals surface area contributed by atoms with Crippen LogP contribution in [-0.2, 0) is 19.1 Å². The molecule has 2 bridgehead atoms. The molecular formula is C31H26BrClN2O5. The fraction of sp³-hybridized carbons (Fsp3) is 0.290. The Kier molecular flexibility index (Phi) is 7.00. The zero-order valence-corrected chi connectivity index (χ0v) is 23.9. The van der Waals surface area contributed by atoms with Crippen LogP contribution in [0.25, 0.3) is 0 Å². The van der Waals surface area contributed by atoms with Gasteiger partial charge in [0.25, 0.3) is 5.91 Å². The van der Waals surface area contributed by atoms with Crippen molar-refractivity contribution in [2.45, 2.75) is 25.7 Å². The molecule has 1 heterocycles. The number of amides is 3. The molecule has 5 atom stereocenters. The maximum atomic E-state index is 13.5. The molecule has 3 fully saturated rings. The Morgan fingerprint density at radius 2 is 1.70 bits per heavy atom. The molecule has 1 saturated heterocycles. The second-order valence-corrected chi connectivity index (χ2v) is 12.0. The van der Waals surface area contributed by atoms with Gasteiger partial charge in [0, 0.05) is 10.2 Å². The molecule has 3 aliphatic rings. The van der Waals surface area contributed by atoms with Crippen LogP contribution in [0.1, 0.15) is 40.2 Å². The zero-order valence-electron chi connectivity index (χ0n) is 21.6. The summed E-state index contributed by atoms with van der Waals surface area (Å²) in [5.74, 6) is -1.41. The quantitative estimate of drug-likeness (QED) is 0.264. The van der Waals surface area contributed by atoms with E-state index in [9.17, 15) is 19.2 Å². The zero-order chi connectivity index (χ0) is 28.1. The van der Waals surface area contributed by atoms with Gasteiger partial charge < -0.3 is 10.1 Å². The topological polar surface area (TPSA) is 92.8 Å². The molecule has 7 nitrogen and oxygen atoms in total. The number of hydrogen-bond acceptors (Lipinski definition) is 5. The van der Waals surface area contributed by atoms with Gasteiger partial charge in [-0.25, -0.2) is 4.79 Å². The lowest BCUT2D eigenvalue weighted by molar-refractivity contribution is -0.123. The summed E-state index contributed by atoms with van der Waals surface area (Å²) >= 11 is 9.43. The summed E-state index contributed by atoms with van der Waals surface area (Å²) in [4.78, 5) is 53.1. The summed E-state index contributed by atoms with van der Waals surface area (Å²) < 4.78 is 5.89. The normalized spacial score (nSPS) is 24.8. The van der Waals surface area contributed by atoms with Gasteiger partial charge in [-0.1, -0.05) is 41.9 Å². The number of nitrogens with zero attached hydrogens (tertiary/aromatic N) is 1. The lowest BCUT2D eigenvalue weighted by Gasteiger charge is -2.28. The van der Waals surface area contributed by atoms with Crippen LogP contribution in [0.3, 0.4) is 0 Å². The maximum Gasteiger partial charge on any atom is 0.338 e. The molecule has 204 valence electrons. The number of aryl methyl sites for hydroxylation is 1. The van der Waals surface area contributed by atoms with Gasteiger partial charge in [-0.3, -0.25) is 19.3 Å². The van der Waals surface area contributed by atoms with Crippen LogP contribution in [0.5, 0.6) is 0 Å². The van der Waals surface area contributed by atoms with Crippen molar-refractivity contribution in [1.29, 1.82) is 0 Å². The SMILES string of the molecule is Cc1cc(Br)c(Cl)cc1NC(=O)COC(=O)c1ccc(N2C(=O)[C@@H]3[C@@H]4C[C@@H]([C@H]3C2=O)[C@@H](c2ccccc2)C4)cc1. The summed E-state index contributed by atoms with van der Waals surface area (Å²) in [5, 5.41) is 3.13. The van der Waals surface area contributed by atoms with E-state index in [2.05, 4.69) is 33.4 Å². The van der Waals surface area contributed by atoms with Crippen molar-refractivity contribution in [1.82, 2.24) is 0 Å². The number of carbonyl (C=O) groups is 4. The van der Waals surface area contributed by atoms with Crippen molar-refractivity contribution < 1.29 is 23.9 Å². The van der Waals surface area contributed by atoms with Crippen LogP contribution in [0, 0.1) is 30.6 Å². The Morgan fingerprint density at radius 3 is 2.42 bits per heavy atom. The molecule has 3 amide bonds. The first-order valence-corrected chi connectivity index (χ1v) is 14.4. The summed E-state index contributed by atoms with van der Waals surface area (Å²) in [6, 6.07) is 19.8. The van der Waals surface area contributed by atoms with Crippen molar-refractivity contribution in [3.8, 4) is 0 Å². The molecule has 3 aromatic carbocycles. The Hall–Kier alpha value is -3.49. The fourth-order valence-electron chi connectivity index (χ4n) is 6.73. The number of anilines is 2. The van der Waals surface area contributed by atoms with Crippen LogP contribution in [0.15, 0.2) is 71.2 Å². The molecule has 0 unspecified atom stereocenters. The predicted octanol–water partition coefficient (Wildman–Crippen LogP) is 6.14. The number of carbonyl (C=O) groups excluding carboxylic acids is 4. The Labute approximate surface area is 245 Å². The molecule has 6 rings (SSSR count). The smallest absolute Gasteiger partial charge is 0.338 e. The van der Waals surface area contributed by atoms with Crippen molar-refractivity contribution >= 4 is 62.6 Å². The Morgan fingerprint density at radius 1 is 1.00 bits per heavy atom. The van der Waals surface area contributed by atoms with E-state index in [0.717, 1.165) is 18.4 Å². The van der Waals surface area contributed by atoms with E-state index < -0.39 is 18.5 Å². The molecule has 0 spiro atoms. The largest absolute Gasteiger partial charge is 0.452 e. The molecule has 2 aliphatic carbocycles. The Bertz CT molecular complexity index is 1530. The number of ether oxygens (including phenoxy) is 1. The first-order valence-electron chi connectivity index (χ1n) is 13.2. The minimum atomic E-state index is -0.688. The summed E-state index contributed by atoms with van der Waals surface area (Å²) in [6.07, 6.45) is 1.84. The minimum absolute atomic E-state index is 0.149. The average Bonchev–Trinajstić information content (AvgIpc) is 3.62. The molecular weight excluding hydrogens is 596 g/mol. The summed E-state index contributed by atoms with van der Waals surface area (Å²) in [6.45, 7) is 1.34. The van der Waals surface area contributed by atoms with Crippen LogP contribution in [0.4, 0.5) is 11.4 Å². The van der Waals surface area contributed by atoms with Crippen LogP contribution in [-0.4, -0.2) is 30.3 Å². The number of nitrogens with one attached hydrogen (secondary N) is 1. The summed E-state index contributed by atoms with van der Waals surface area (Å²) in [7, 11) is 0. The highest BCUT2D eigenvalue weighted by molar-refractivity contribution is 9.10. The number of hydrogen-bond donors (Lipinski definition) is 1. The van der Waals surface area contributed by atoms with Gasteiger partial charge in [-0.15, -0.1) is 0 Å². The van der Waals surface area contributed by atoms with E-state index in [-0.39, 0.29) is 41.0 Å². The number of esters is 1. The van der Waals surface area contributed by atoms with Gasteiger partial charge in [0.1, 0.15) is 0 Å². The van der Waals surface area contributed by atoms with Gasteiger partial charge >= 0.3 is 5.97 Å². The lowest BCUT2D eigenvalue weighted by Crippen LogP contribution is -2.33. The first-order chi connectivity index (χ1) is 19.2. The second-order valence-electron chi connectivity index (χ2n) is 10.7. The van der Waals surface area contributed by atoms with Gasteiger partial charge in [0.15, 0.2) is 6.61 Å². The number of halogens is 2. The van der Waals surface area contributed by atoms with Crippen molar-refractivity contribution in [2.24, 2.45) is 23.7 Å².